The van der Waals surface area contributed by atoms with Crippen molar-refractivity contribution in [1.82, 2.24) is 9.55 Å². The number of nitro groups is 1. The molecular formula is C10H9N3O3. The van der Waals surface area contributed by atoms with Crippen molar-refractivity contribution in [2.75, 3.05) is 0 Å². The Hall–Kier alpha value is -2.37. The number of nitrogens with zero attached hydrogens (tertiary/aromatic N) is 3. The van der Waals surface area contributed by atoms with Crippen molar-refractivity contribution in [2.24, 2.45) is 7.05 Å². The summed E-state index contributed by atoms with van der Waals surface area (Å²) in [6.07, 6.45) is 6.14. The van der Waals surface area contributed by atoms with Gasteiger partial charge in [0.15, 0.2) is 0 Å². The summed E-state index contributed by atoms with van der Waals surface area (Å²) in [6.45, 7) is 0. The molecule has 0 bridgehead atoms. The van der Waals surface area contributed by atoms with Crippen molar-refractivity contribution in [3.8, 4) is 0 Å². The summed E-state index contributed by atoms with van der Waals surface area (Å²) in [7, 11) is 1.59. The first-order chi connectivity index (χ1) is 7.68. The molecule has 0 aliphatic carbocycles. The van der Waals surface area contributed by atoms with E-state index in [1.54, 1.807) is 37.6 Å². The average molecular weight is 219 g/mol. The summed E-state index contributed by atoms with van der Waals surface area (Å²) in [6, 6.07) is 3.55. The first-order valence-electron chi connectivity index (χ1n) is 4.56. The van der Waals surface area contributed by atoms with Crippen LogP contribution in [0.5, 0.6) is 0 Å². The van der Waals surface area contributed by atoms with E-state index in [1.807, 2.05) is 0 Å². The van der Waals surface area contributed by atoms with E-state index in [9.17, 15) is 10.1 Å². The van der Waals surface area contributed by atoms with Crippen LogP contribution in [-0.4, -0.2) is 14.5 Å². The summed E-state index contributed by atoms with van der Waals surface area (Å²) < 4.78 is 6.49. The fraction of sp³-hybridized carbons (Fsp3) is 0.100. The first-order valence-corrected chi connectivity index (χ1v) is 4.56. The van der Waals surface area contributed by atoms with Crippen LogP contribution in [0, 0.1) is 10.1 Å². The van der Waals surface area contributed by atoms with Gasteiger partial charge in [-0.15, -0.1) is 0 Å². The first kappa shape index (κ1) is 10.2. The number of rotatable bonds is 3. The van der Waals surface area contributed by atoms with E-state index in [0.717, 1.165) is 0 Å². The Morgan fingerprint density at radius 1 is 1.56 bits per heavy atom. The third kappa shape index (κ3) is 1.85. The summed E-state index contributed by atoms with van der Waals surface area (Å²) in [5, 5.41) is 10.6. The van der Waals surface area contributed by atoms with Gasteiger partial charge in [0.25, 0.3) is 0 Å². The van der Waals surface area contributed by atoms with E-state index in [0.29, 0.717) is 11.6 Å². The van der Waals surface area contributed by atoms with E-state index < -0.39 is 4.92 Å². The van der Waals surface area contributed by atoms with Crippen LogP contribution in [0.3, 0.4) is 0 Å². The molecule has 2 aromatic rings. The van der Waals surface area contributed by atoms with Crippen molar-refractivity contribution >= 4 is 18.0 Å². The molecule has 2 aromatic heterocycles. The summed E-state index contributed by atoms with van der Waals surface area (Å²) in [4.78, 5) is 14.0. The number of hydrogen-bond acceptors (Lipinski definition) is 4. The molecular weight excluding hydrogens is 210 g/mol. The zero-order valence-corrected chi connectivity index (χ0v) is 8.53. The maximum absolute atomic E-state index is 10.6. The highest BCUT2D eigenvalue weighted by molar-refractivity contribution is 5.64. The third-order valence-electron chi connectivity index (χ3n) is 2.13. The normalized spacial score (nSPS) is 11.1. The van der Waals surface area contributed by atoms with Crippen molar-refractivity contribution < 1.29 is 9.34 Å². The molecule has 2 heterocycles. The van der Waals surface area contributed by atoms with Gasteiger partial charge in [0.2, 0.25) is 5.82 Å². The number of hydrogen-bond donors (Lipinski definition) is 0. The molecule has 0 aliphatic heterocycles. The lowest BCUT2D eigenvalue weighted by Gasteiger charge is -1.93. The molecule has 6 nitrogen and oxygen atoms in total. The molecule has 0 spiro atoms. The van der Waals surface area contributed by atoms with Crippen molar-refractivity contribution in [2.45, 2.75) is 0 Å². The quantitative estimate of drug-likeness (QED) is 0.585. The van der Waals surface area contributed by atoms with E-state index in [1.165, 1.54) is 10.8 Å². The van der Waals surface area contributed by atoms with Crippen LogP contribution >= 0.6 is 0 Å². The van der Waals surface area contributed by atoms with Crippen molar-refractivity contribution in [1.29, 1.82) is 0 Å². The predicted molar refractivity (Wildman–Crippen MR) is 57.5 cm³/mol. The Bertz CT molecular complexity index is 526. The highest BCUT2D eigenvalue weighted by atomic mass is 16.6. The van der Waals surface area contributed by atoms with Gasteiger partial charge in [0.05, 0.1) is 13.3 Å². The Morgan fingerprint density at radius 3 is 2.94 bits per heavy atom. The molecule has 0 N–H and O–H groups in total. The minimum atomic E-state index is -0.475. The van der Waals surface area contributed by atoms with Crippen LogP contribution in [0.2, 0.25) is 0 Å². The average Bonchev–Trinajstić information content (AvgIpc) is 2.84. The maximum atomic E-state index is 10.6. The Kier molecular flexibility index (Phi) is 2.55. The van der Waals surface area contributed by atoms with E-state index in [4.69, 9.17) is 4.42 Å². The van der Waals surface area contributed by atoms with E-state index >= 15 is 0 Å². The van der Waals surface area contributed by atoms with Crippen molar-refractivity contribution in [3.63, 3.8) is 0 Å². The van der Waals surface area contributed by atoms with E-state index in [-0.39, 0.29) is 5.82 Å². The minimum Gasteiger partial charge on any atom is -0.465 e. The Labute approximate surface area is 91.0 Å². The molecule has 0 saturated carbocycles. The van der Waals surface area contributed by atoms with Gasteiger partial charge in [-0.25, -0.2) is 9.55 Å². The predicted octanol–water partition coefficient (Wildman–Crippen LogP) is 2.09. The van der Waals surface area contributed by atoms with Crippen LogP contribution in [-0.2, 0) is 7.05 Å². The fourth-order valence-electron chi connectivity index (χ4n) is 1.28. The second-order valence-corrected chi connectivity index (χ2v) is 3.14. The molecule has 0 amide bonds. The Balaban J connectivity index is 2.26. The van der Waals surface area contributed by atoms with Crippen LogP contribution in [0.15, 0.2) is 29.0 Å². The number of furan rings is 1. The van der Waals surface area contributed by atoms with Crippen LogP contribution < -0.4 is 0 Å². The molecule has 0 unspecified atom stereocenters. The zero-order valence-electron chi connectivity index (χ0n) is 8.53. The van der Waals surface area contributed by atoms with Crippen molar-refractivity contribution in [3.05, 3.63) is 46.3 Å². The fourth-order valence-corrected chi connectivity index (χ4v) is 1.28. The minimum absolute atomic E-state index is 0.0425. The monoisotopic (exact) mass is 219 g/mol. The number of aromatic nitrogens is 2. The molecule has 82 valence electrons. The van der Waals surface area contributed by atoms with Gasteiger partial charge in [-0.1, -0.05) is 0 Å². The lowest BCUT2D eigenvalue weighted by molar-refractivity contribution is -0.391. The third-order valence-corrected chi connectivity index (χ3v) is 2.13. The van der Waals surface area contributed by atoms with Crippen LogP contribution in [0.4, 0.5) is 5.82 Å². The van der Waals surface area contributed by atoms with Gasteiger partial charge < -0.3 is 14.5 Å². The second-order valence-electron chi connectivity index (χ2n) is 3.14. The summed E-state index contributed by atoms with van der Waals surface area (Å²) >= 11 is 0. The SMILES string of the molecule is Cn1c([N+](=O)[O-])cnc1/C=C/c1ccco1. The largest absolute Gasteiger partial charge is 0.465 e. The second kappa shape index (κ2) is 4.01. The standard InChI is InChI=1S/C10H9N3O3/c1-12-9(11-7-10(12)13(14)15)5-4-8-3-2-6-16-8/h2-7H,1H3/b5-4+. The molecule has 0 radical (unpaired) electrons. The molecule has 2 rings (SSSR count). The van der Waals surface area contributed by atoms with Gasteiger partial charge in [0.1, 0.15) is 12.0 Å². The molecule has 16 heavy (non-hydrogen) atoms. The molecule has 6 heteroatoms. The summed E-state index contributed by atoms with van der Waals surface area (Å²) in [5.41, 5.74) is 0. The molecule has 0 aromatic carbocycles. The van der Waals surface area contributed by atoms with Gasteiger partial charge in [-0.2, -0.15) is 0 Å². The number of imidazole rings is 1. The molecule has 0 saturated heterocycles. The lowest BCUT2D eigenvalue weighted by Crippen LogP contribution is -1.98. The maximum Gasteiger partial charge on any atom is 0.342 e. The van der Waals surface area contributed by atoms with E-state index in [2.05, 4.69) is 4.98 Å². The summed E-state index contributed by atoms with van der Waals surface area (Å²) in [5.74, 6) is 1.13. The van der Waals surface area contributed by atoms with Crippen LogP contribution in [0.1, 0.15) is 11.6 Å². The van der Waals surface area contributed by atoms with Gasteiger partial charge in [-0.05, 0) is 23.1 Å². The molecule has 0 fully saturated rings. The van der Waals surface area contributed by atoms with Crippen LogP contribution in [0.25, 0.3) is 12.2 Å². The van der Waals surface area contributed by atoms with Gasteiger partial charge in [-0.3, -0.25) is 0 Å². The molecule has 0 atom stereocenters. The van der Waals surface area contributed by atoms with Gasteiger partial charge in [0, 0.05) is 6.08 Å². The topological polar surface area (TPSA) is 74.1 Å². The zero-order chi connectivity index (χ0) is 11.5. The Morgan fingerprint density at radius 2 is 2.38 bits per heavy atom. The lowest BCUT2D eigenvalue weighted by atomic mass is 10.4. The highest BCUT2D eigenvalue weighted by Crippen LogP contribution is 2.14. The molecule has 0 aliphatic rings. The smallest absolute Gasteiger partial charge is 0.342 e. The van der Waals surface area contributed by atoms with Gasteiger partial charge >= 0.3 is 5.82 Å². The highest BCUT2D eigenvalue weighted by Gasteiger charge is 2.13.